The van der Waals surface area contributed by atoms with E-state index in [0.717, 1.165) is 15.8 Å². The van der Waals surface area contributed by atoms with Crippen molar-refractivity contribution in [3.05, 3.63) is 44.2 Å². The van der Waals surface area contributed by atoms with Crippen LogP contribution in [-0.4, -0.2) is 26.3 Å². The number of hydrogen-bond donors (Lipinski definition) is 0. The van der Waals surface area contributed by atoms with Crippen molar-refractivity contribution in [2.75, 3.05) is 4.90 Å². The van der Waals surface area contributed by atoms with Crippen molar-refractivity contribution >= 4 is 56.3 Å². The minimum Gasteiger partial charge on any atom is -0.443 e. The van der Waals surface area contributed by atoms with Gasteiger partial charge in [-0.2, -0.15) is 9.37 Å². The van der Waals surface area contributed by atoms with E-state index >= 15 is 0 Å². The van der Waals surface area contributed by atoms with Crippen molar-refractivity contribution < 1.29 is 13.9 Å². The maximum Gasteiger partial charge on any atom is 0.416 e. The third-order valence-electron chi connectivity index (χ3n) is 3.20. The Hall–Kier alpha value is -1.71. The topological polar surface area (TPSA) is 59.7 Å². The maximum atomic E-state index is 13.4. The smallest absolute Gasteiger partial charge is 0.416 e. The van der Waals surface area contributed by atoms with Crippen LogP contribution in [0.1, 0.15) is 25.6 Å². The molecular weight excluding hydrogens is 447 g/mol. The van der Waals surface area contributed by atoms with E-state index in [1.165, 1.54) is 15.5 Å². The normalized spacial score (nSPS) is 11.8. The molecule has 0 saturated heterocycles. The number of hydrogen-bond acceptors (Lipinski definition) is 5. The van der Waals surface area contributed by atoms with Crippen molar-refractivity contribution in [3.8, 4) is 0 Å². The number of nitrogens with zero attached hydrogens (tertiary/aromatic N) is 4. The molecule has 0 aliphatic carbocycles. The Morgan fingerprint density at radius 1 is 1.46 bits per heavy atom. The summed E-state index contributed by atoms with van der Waals surface area (Å²) in [5, 5.41) is 3.73. The summed E-state index contributed by atoms with van der Waals surface area (Å²) in [5.41, 5.74) is -0.143. The van der Waals surface area contributed by atoms with Crippen molar-refractivity contribution in [2.45, 2.75) is 32.9 Å². The first-order valence-corrected chi connectivity index (χ1v) is 9.57. The highest BCUT2D eigenvalue weighted by molar-refractivity contribution is 9.10. The Bertz CT molecular complexity index is 969. The van der Waals surface area contributed by atoms with E-state index in [4.69, 9.17) is 16.3 Å². The van der Waals surface area contributed by atoms with E-state index in [1.54, 1.807) is 39.1 Å². The van der Waals surface area contributed by atoms with Gasteiger partial charge in [0.25, 0.3) is 0 Å². The fraction of sp³-hybridized carbons (Fsp3) is 0.312. The fourth-order valence-electron chi connectivity index (χ4n) is 2.26. The van der Waals surface area contributed by atoms with Crippen molar-refractivity contribution in [3.63, 3.8) is 0 Å². The molecule has 0 N–H and O–H groups in total. The summed E-state index contributed by atoms with van der Waals surface area (Å²) in [7, 11) is 0. The van der Waals surface area contributed by atoms with Crippen LogP contribution in [0.5, 0.6) is 0 Å². The summed E-state index contributed by atoms with van der Waals surface area (Å²) in [6.07, 6.45) is 1.09. The minimum absolute atomic E-state index is 0.0264. The van der Waals surface area contributed by atoms with Crippen LogP contribution in [0.25, 0.3) is 5.52 Å². The summed E-state index contributed by atoms with van der Waals surface area (Å²) >= 11 is 10.4. The molecule has 0 aliphatic rings. The summed E-state index contributed by atoms with van der Waals surface area (Å²) in [4.78, 5) is 19.0. The third-order valence-corrected chi connectivity index (χ3v) is 4.65. The van der Waals surface area contributed by atoms with Crippen molar-refractivity contribution in [2.24, 2.45) is 0 Å². The van der Waals surface area contributed by atoms with Gasteiger partial charge in [0.15, 0.2) is 10.9 Å². The van der Waals surface area contributed by atoms with E-state index < -0.39 is 11.7 Å². The zero-order valence-electron chi connectivity index (χ0n) is 14.2. The van der Waals surface area contributed by atoms with E-state index in [0.29, 0.717) is 10.4 Å². The molecule has 3 rings (SSSR count). The van der Waals surface area contributed by atoms with Gasteiger partial charge in [0.1, 0.15) is 11.1 Å². The number of halogens is 3. The SMILES string of the molecule is CC(C)(C)OC(=O)N(Cc1ccc(F)s1)c1nc(Cl)nn2cc(Br)cc12. The van der Waals surface area contributed by atoms with E-state index in [2.05, 4.69) is 26.0 Å². The number of thiophene rings is 1. The van der Waals surface area contributed by atoms with Gasteiger partial charge < -0.3 is 4.74 Å². The summed E-state index contributed by atoms with van der Waals surface area (Å²) < 4.78 is 21.2. The first kappa shape index (κ1) is 19.1. The van der Waals surface area contributed by atoms with Gasteiger partial charge in [-0.25, -0.2) is 9.31 Å². The van der Waals surface area contributed by atoms with Crippen LogP contribution in [0, 0.1) is 5.13 Å². The van der Waals surface area contributed by atoms with E-state index in [1.807, 2.05) is 0 Å². The molecule has 1 amide bonds. The number of amides is 1. The van der Waals surface area contributed by atoms with Gasteiger partial charge in [-0.05, 0) is 66.5 Å². The molecule has 3 heterocycles. The predicted octanol–water partition coefficient (Wildman–Crippen LogP) is 5.29. The largest absolute Gasteiger partial charge is 0.443 e. The van der Waals surface area contributed by atoms with Crippen LogP contribution in [0.2, 0.25) is 5.28 Å². The first-order valence-electron chi connectivity index (χ1n) is 7.58. The van der Waals surface area contributed by atoms with Crippen LogP contribution in [0.15, 0.2) is 28.9 Å². The van der Waals surface area contributed by atoms with Gasteiger partial charge in [-0.15, -0.1) is 16.4 Å². The summed E-state index contributed by atoms with van der Waals surface area (Å²) in [5.74, 6) is 0.277. The predicted molar refractivity (Wildman–Crippen MR) is 102 cm³/mol. The molecule has 6 nitrogen and oxygen atoms in total. The second kappa shape index (κ2) is 7.13. The van der Waals surface area contributed by atoms with Crippen LogP contribution < -0.4 is 4.90 Å². The van der Waals surface area contributed by atoms with Crippen molar-refractivity contribution in [1.29, 1.82) is 0 Å². The molecule has 0 aliphatic heterocycles. The van der Waals surface area contributed by atoms with Crippen LogP contribution >= 0.6 is 38.9 Å². The number of fused-ring (bicyclic) bond motifs is 1. The number of ether oxygens (including phenoxy) is 1. The van der Waals surface area contributed by atoms with E-state index in [9.17, 15) is 9.18 Å². The van der Waals surface area contributed by atoms with Gasteiger partial charge in [-0.1, -0.05) is 0 Å². The molecule has 0 saturated carbocycles. The van der Waals surface area contributed by atoms with Gasteiger partial charge in [0, 0.05) is 15.5 Å². The van der Waals surface area contributed by atoms with Gasteiger partial charge in [-0.3, -0.25) is 4.90 Å². The maximum absolute atomic E-state index is 13.4. The number of rotatable bonds is 3. The Kier molecular flexibility index (Phi) is 5.23. The standard InChI is InChI=1S/C16H15BrClFN4O2S/c1-16(2,3)25-15(24)22(8-10-4-5-12(19)26-10)13-11-6-9(17)7-23(11)21-14(18)20-13/h4-7H,8H2,1-3H3. The fourth-order valence-corrected chi connectivity index (χ4v) is 3.55. The molecule has 0 fully saturated rings. The molecule has 10 heteroatoms. The average molecular weight is 462 g/mol. The molecule has 0 unspecified atom stereocenters. The zero-order chi connectivity index (χ0) is 19.1. The summed E-state index contributed by atoms with van der Waals surface area (Å²) in [6, 6.07) is 4.73. The molecular formula is C16H15BrClFN4O2S. The Labute approximate surface area is 166 Å². The highest BCUT2D eigenvalue weighted by Gasteiger charge is 2.27. The quantitative estimate of drug-likeness (QED) is 0.532. The lowest BCUT2D eigenvalue weighted by Crippen LogP contribution is -2.37. The molecule has 3 aromatic rings. The van der Waals surface area contributed by atoms with Gasteiger partial charge in [0.2, 0.25) is 5.28 Å². The molecule has 26 heavy (non-hydrogen) atoms. The van der Waals surface area contributed by atoms with Crippen LogP contribution in [0.4, 0.5) is 15.0 Å². The number of carbonyl (C=O) groups is 1. The monoisotopic (exact) mass is 460 g/mol. The van der Waals surface area contributed by atoms with Gasteiger partial charge >= 0.3 is 6.09 Å². The molecule has 0 spiro atoms. The lowest BCUT2D eigenvalue weighted by Gasteiger charge is -2.26. The molecule has 3 aromatic heterocycles. The second-order valence-corrected chi connectivity index (χ2v) is 8.84. The van der Waals surface area contributed by atoms with Crippen molar-refractivity contribution in [1.82, 2.24) is 14.6 Å². The second-order valence-electron chi connectivity index (χ2n) is 6.46. The lowest BCUT2D eigenvalue weighted by atomic mass is 10.2. The first-order chi connectivity index (χ1) is 12.1. The highest BCUT2D eigenvalue weighted by Crippen LogP contribution is 2.29. The third kappa shape index (κ3) is 4.33. The highest BCUT2D eigenvalue weighted by atomic mass is 79.9. The van der Waals surface area contributed by atoms with Crippen LogP contribution in [0.3, 0.4) is 0 Å². The summed E-state index contributed by atoms with van der Waals surface area (Å²) in [6.45, 7) is 5.40. The Morgan fingerprint density at radius 3 is 2.81 bits per heavy atom. The number of aromatic nitrogens is 3. The molecule has 0 atom stereocenters. The Balaban J connectivity index is 2.09. The van der Waals surface area contributed by atoms with Crippen LogP contribution in [-0.2, 0) is 11.3 Å². The zero-order valence-corrected chi connectivity index (χ0v) is 17.3. The lowest BCUT2D eigenvalue weighted by molar-refractivity contribution is 0.0577. The molecule has 0 bridgehead atoms. The van der Waals surface area contributed by atoms with E-state index in [-0.39, 0.29) is 22.8 Å². The Morgan fingerprint density at radius 2 is 2.19 bits per heavy atom. The average Bonchev–Trinajstić information content (AvgIpc) is 3.06. The number of carbonyl (C=O) groups excluding carboxylic acids is 1. The minimum atomic E-state index is -0.703. The number of anilines is 1. The van der Waals surface area contributed by atoms with Gasteiger partial charge in [0.05, 0.1) is 6.54 Å². The molecule has 0 aromatic carbocycles. The molecule has 0 radical (unpaired) electrons. The molecule has 138 valence electrons.